The summed E-state index contributed by atoms with van der Waals surface area (Å²) in [4.78, 5) is 29.4. The number of hydrogen-bond acceptors (Lipinski definition) is 2. The molecule has 31 heavy (non-hydrogen) atoms. The van der Waals surface area contributed by atoms with Crippen molar-refractivity contribution in [3.63, 3.8) is 0 Å². The van der Waals surface area contributed by atoms with Crippen molar-refractivity contribution in [3.05, 3.63) is 95.6 Å². The molecule has 5 nitrogen and oxygen atoms in total. The van der Waals surface area contributed by atoms with Gasteiger partial charge in [-0.1, -0.05) is 54.6 Å². The molecule has 1 fully saturated rings. The zero-order chi connectivity index (χ0) is 21.8. The van der Waals surface area contributed by atoms with Crippen molar-refractivity contribution in [1.29, 1.82) is 0 Å². The van der Waals surface area contributed by atoms with Crippen LogP contribution in [0.5, 0.6) is 0 Å². The van der Waals surface area contributed by atoms with Gasteiger partial charge in [-0.05, 0) is 54.8 Å². The Kier molecular flexibility index (Phi) is 6.03. The average Bonchev–Trinajstić information content (AvgIpc) is 3.15. The Balaban J connectivity index is 1.49. The van der Waals surface area contributed by atoms with Gasteiger partial charge in [0.2, 0.25) is 5.91 Å². The molecular formula is C26H27N3O2. The molecule has 0 saturated carbocycles. The quantitative estimate of drug-likeness (QED) is 0.652. The Morgan fingerprint density at radius 2 is 1.65 bits per heavy atom. The number of hydrogen-bond donors (Lipinski definition) is 1. The van der Waals surface area contributed by atoms with E-state index in [1.54, 1.807) is 9.80 Å². The van der Waals surface area contributed by atoms with Gasteiger partial charge in [0.1, 0.15) is 0 Å². The van der Waals surface area contributed by atoms with Gasteiger partial charge in [-0.15, -0.1) is 0 Å². The third-order valence-corrected chi connectivity index (χ3v) is 5.75. The van der Waals surface area contributed by atoms with E-state index in [-0.39, 0.29) is 18.0 Å². The summed E-state index contributed by atoms with van der Waals surface area (Å²) in [5.41, 5.74) is 5.09. The van der Waals surface area contributed by atoms with E-state index in [0.717, 1.165) is 22.5 Å². The van der Waals surface area contributed by atoms with Gasteiger partial charge in [-0.3, -0.25) is 9.69 Å². The lowest BCUT2D eigenvalue weighted by molar-refractivity contribution is -0.117. The van der Waals surface area contributed by atoms with Crippen LogP contribution in [0.2, 0.25) is 0 Å². The number of carbonyl (C=O) groups is 2. The first-order chi connectivity index (χ1) is 15.0. The third kappa shape index (κ3) is 4.77. The van der Waals surface area contributed by atoms with Crippen LogP contribution < -0.4 is 15.1 Å². The number of carbonyl (C=O) groups excluding carboxylic acids is 2. The van der Waals surface area contributed by atoms with Crippen molar-refractivity contribution in [2.45, 2.75) is 32.9 Å². The van der Waals surface area contributed by atoms with Crippen molar-refractivity contribution in [2.75, 3.05) is 16.3 Å². The molecule has 3 aromatic carbocycles. The molecule has 0 spiro atoms. The maximum absolute atomic E-state index is 13.2. The number of benzene rings is 3. The summed E-state index contributed by atoms with van der Waals surface area (Å²) >= 11 is 0. The van der Waals surface area contributed by atoms with Crippen LogP contribution >= 0.6 is 0 Å². The SMILES string of the molecule is Cc1ccc(N2C[C@@H](NC(=O)N(Cc3ccccc3)c3ccccc3)CC2=O)cc1C. The number of nitrogens with zero attached hydrogens (tertiary/aromatic N) is 2. The Labute approximate surface area is 183 Å². The van der Waals surface area contributed by atoms with Crippen LogP contribution in [-0.4, -0.2) is 24.5 Å². The van der Waals surface area contributed by atoms with Gasteiger partial charge in [0.05, 0.1) is 12.6 Å². The number of para-hydroxylation sites is 1. The smallest absolute Gasteiger partial charge is 0.322 e. The molecule has 1 N–H and O–H groups in total. The summed E-state index contributed by atoms with van der Waals surface area (Å²) in [6.45, 7) is 5.03. The van der Waals surface area contributed by atoms with Gasteiger partial charge in [0.15, 0.2) is 0 Å². The van der Waals surface area contributed by atoms with Crippen LogP contribution in [0.3, 0.4) is 0 Å². The third-order valence-electron chi connectivity index (χ3n) is 5.75. The molecule has 3 aromatic rings. The van der Waals surface area contributed by atoms with Crippen LogP contribution in [0.25, 0.3) is 0 Å². The lowest BCUT2D eigenvalue weighted by atomic mass is 10.1. The summed E-state index contributed by atoms with van der Waals surface area (Å²) in [7, 11) is 0. The second kappa shape index (κ2) is 9.04. The highest BCUT2D eigenvalue weighted by molar-refractivity contribution is 5.98. The molecule has 3 amide bonds. The standard InChI is InChI=1S/C26H27N3O2/c1-19-13-14-24(15-20(19)2)28-18-22(16-25(28)30)27-26(31)29(23-11-7-4-8-12-23)17-21-9-5-3-6-10-21/h3-15,22H,16-18H2,1-2H3,(H,27,31)/t22-/m0/s1. The molecule has 158 valence electrons. The molecule has 0 radical (unpaired) electrons. The van der Waals surface area contributed by atoms with Crippen molar-refractivity contribution < 1.29 is 9.59 Å². The minimum absolute atomic E-state index is 0.0304. The molecule has 1 aliphatic heterocycles. The van der Waals surface area contributed by atoms with Gasteiger partial charge < -0.3 is 10.2 Å². The van der Waals surface area contributed by atoms with Crippen molar-refractivity contribution in [2.24, 2.45) is 0 Å². The predicted octanol–water partition coefficient (Wildman–Crippen LogP) is 4.83. The molecule has 1 atom stereocenters. The fourth-order valence-corrected chi connectivity index (χ4v) is 3.85. The molecule has 1 saturated heterocycles. The minimum Gasteiger partial charge on any atom is -0.333 e. The van der Waals surface area contributed by atoms with E-state index in [1.165, 1.54) is 5.56 Å². The topological polar surface area (TPSA) is 52.7 Å². The Morgan fingerprint density at radius 3 is 2.32 bits per heavy atom. The van der Waals surface area contributed by atoms with Gasteiger partial charge in [-0.2, -0.15) is 0 Å². The summed E-state index contributed by atoms with van der Waals surface area (Å²) < 4.78 is 0. The van der Waals surface area contributed by atoms with E-state index in [9.17, 15) is 9.59 Å². The largest absolute Gasteiger partial charge is 0.333 e. The Bertz CT molecular complexity index is 1070. The number of rotatable bonds is 5. The first-order valence-corrected chi connectivity index (χ1v) is 10.6. The van der Waals surface area contributed by atoms with Gasteiger partial charge in [0, 0.05) is 24.3 Å². The average molecular weight is 414 g/mol. The minimum atomic E-state index is -0.233. The zero-order valence-corrected chi connectivity index (χ0v) is 17.9. The van der Waals surface area contributed by atoms with Crippen LogP contribution in [0.1, 0.15) is 23.1 Å². The van der Waals surface area contributed by atoms with Gasteiger partial charge in [0.25, 0.3) is 0 Å². The molecular weight excluding hydrogens is 386 g/mol. The van der Waals surface area contributed by atoms with E-state index < -0.39 is 0 Å². The fraction of sp³-hybridized carbons (Fsp3) is 0.231. The maximum atomic E-state index is 13.2. The zero-order valence-electron chi connectivity index (χ0n) is 17.9. The van der Waals surface area contributed by atoms with Crippen molar-refractivity contribution >= 4 is 23.3 Å². The summed E-state index contributed by atoms with van der Waals surface area (Å²) in [5.74, 6) is 0.0304. The van der Waals surface area contributed by atoms with Crippen LogP contribution in [0.15, 0.2) is 78.9 Å². The first-order valence-electron chi connectivity index (χ1n) is 10.6. The Hall–Kier alpha value is -3.60. The van der Waals surface area contributed by atoms with E-state index in [1.807, 2.05) is 85.8 Å². The molecule has 4 rings (SSSR count). The molecule has 1 aliphatic rings. The number of nitrogens with one attached hydrogen (secondary N) is 1. The highest BCUT2D eigenvalue weighted by Gasteiger charge is 2.33. The van der Waals surface area contributed by atoms with E-state index in [2.05, 4.69) is 12.2 Å². The lowest BCUT2D eigenvalue weighted by Crippen LogP contribution is -2.45. The van der Waals surface area contributed by atoms with Crippen molar-refractivity contribution in [1.82, 2.24) is 5.32 Å². The highest BCUT2D eigenvalue weighted by atomic mass is 16.2. The molecule has 1 heterocycles. The van der Waals surface area contributed by atoms with E-state index in [4.69, 9.17) is 0 Å². The molecule has 0 unspecified atom stereocenters. The van der Waals surface area contributed by atoms with Gasteiger partial charge in [-0.25, -0.2) is 4.79 Å². The Morgan fingerprint density at radius 1 is 0.968 bits per heavy atom. The second-order valence-electron chi connectivity index (χ2n) is 8.03. The summed E-state index contributed by atoms with van der Waals surface area (Å²) in [6.07, 6.45) is 0.298. The molecule has 0 aliphatic carbocycles. The van der Waals surface area contributed by atoms with Crippen molar-refractivity contribution in [3.8, 4) is 0 Å². The number of amides is 3. The molecule has 5 heteroatoms. The molecule has 0 aromatic heterocycles. The first kappa shape index (κ1) is 20.7. The second-order valence-corrected chi connectivity index (χ2v) is 8.03. The number of anilines is 2. The highest BCUT2D eigenvalue weighted by Crippen LogP contribution is 2.25. The number of urea groups is 1. The lowest BCUT2D eigenvalue weighted by Gasteiger charge is -2.25. The monoisotopic (exact) mass is 413 g/mol. The van der Waals surface area contributed by atoms with Crippen LogP contribution in [0, 0.1) is 13.8 Å². The van der Waals surface area contributed by atoms with Crippen LogP contribution in [-0.2, 0) is 11.3 Å². The van der Waals surface area contributed by atoms with E-state index in [0.29, 0.717) is 19.5 Å². The number of aryl methyl sites for hydroxylation is 2. The van der Waals surface area contributed by atoms with E-state index >= 15 is 0 Å². The fourth-order valence-electron chi connectivity index (χ4n) is 3.85. The van der Waals surface area contributed by atoms with Gasteiger partial charge >= 0.3 is 6.03 Å². The summed E-state index contributed by atoms with van der Waals surface area (Å²) in [5, 5.41) is 3.08. The normalized spacial score (nSPS) is 15.7. The predicted molar refractivity (Wildman–Crippen MR) is 124 cm³/mol. The van der Waals surface area contributed by atoms with Crippen LogP contribution in [0.4, 0.5) is 16.2 Å². The maximum Gasteiger partial charge on any atom is 0.322 e. The summed E-state index contributed by atoms with van der Waals surface area (Å²) in [6, 6.07) is 25.1. The molecule has 0 bridgehead atoms.